The van der Waals surface area contributed by atoms with Gasteiger partial charge in [0.05, 0.1) is 45.3 Å². The first-order valence-electron chi connectivity index (χ1n) is 21.8. The van der Waals surface area contributed by atoms with Crippen molar-refractivity contribution >= 4 is 65.0 Å². The van der Waals surface area contributed by atoms with E-state index >= 15 is 0 Å². The highest BCUT2D eigenvalue weighted by Gasteiger charge is 2.41. The highest BCUT2D eigenvalue weighted by molar-refractivity contribution is 7.22. The summed E-state index contributed by atoms with van der Waals surface area (Å²) in [6.45, 7) is 2.08. The van der Waals surface area contributed by atoms with Gasteiger partial charge in [-0.25, -0.2) is 19.9 Å². The summed E-state index contributed by atoms with van der Waals surface area (Å²) in [7, 11) is 0. The Morgan fingerprint density at radius 1 is 0.492 bits per heavy atom. The molecule has 300 valence electrons. The Morgan fingerprint density at radius 2 is 1.17 bits per heavy atom. The van der Waals surface area contributed by atoms with E-state index < -0.39 is 0 Å². The van der Waals surface area contributed by atoms with Gasteiger partial charge in [-0.15, -0.1) is 11.3 Å². The number of benzene rings is 6. The van der Waals surface area contributed by atoms with Crippen molar-refractivity contribution in [3.8, 4) is 55.6 Å². The minimum absolute atomic E-state index is 0.0855. The molecule has 11 aromatic rings. The molecule has 5 aromatic heterocycles. The van der Waals surface area contributed by atoms with Gasteiger partial charge in [0.1, 0.15) is 0 Å². The van der Waals surface area contributed by atoms with E-state index in [4.69, 9.17) is 29.9 Å². The zero-order valence-electron chi connectivity index (χ0n) is 34.3. The van der Waals surface area contributed by atoms with Gasteiger partial charge in [0, 0.05) is 72.0 Å². The van der Waals surface area contributed by atoms with Crippen molar-refractivity contribution in [2.24, 2.45) is 5.92 Å². The number of pyridine rings is 2. The number of hydrogen-bond acceptors (Lipinski definition) is 8. The Morgan fingerprint density at radius 3 is 1.98 bits per heavy atom. The molecule has 8 heterocycles. The molecular formula is C55H39N7S. The van der Waals surface area contributed by atoms with Crippen LogP contribution in [0.15, 0.2) is 164 Å². The Balaban J connectivity index is 1.31. The zero-order valence-corrected chi connectivity index (χ0v) is 35.1. The van der Waals surface area contributed by atoms with Crippen LogP contribution in [0.2, 0.25) is 0 Å². The highest BCUT2D eigenvalue weighted by atomic mass is 32.1. The normalized spacial score (nSPS) is 17.4. The molecule has 0 amide bonds. The predicted octanol–water partition coefficient (Wildman–Crippen LogP) is 13.4. The van der Waals surface area contributed by atoms with Crippen LogP contribution < -0.4 is 0 Å². The molecule has 3 aliphatic rings. The SMILES string of the molecule is c1ccc2nc(-c3c(-c4cnc5ccccc5n4)c(-c4ncc5ccccc5n4)c(C4CC5CCN4CC5)c(-c4cc5ccccc5s4)c3-c3nccc4ccccc34)ccc2c1. The Kier molecular flexibility index (Phi) is 8.49. The van der Waals surface area contributed by atoms with Gasteiger partial charge >= 0.3 is 0 Å². The Hall–Kier alpha value is -7.26. The summed E-state index contributed by atoms with van der Waals surface area (Å²) in [4.78, 5) is 36.4. The molecule has 0 saturated carbocycles. The van der Waals surface area contributed by atoms with Crippen molar-refractivity contribution in [1.29, 1.82) is 0 Å². The maximum atomic E-state index is 5.58. The minimum atomic E-state index is 0.0855. The largest absolute Gasteiger partial charge is 0.296 e. The maximum absolute atomic E-state index is 5.58. The molecule has 0 aliphatic carbocycles. The molecule has 3 aliphatic heterocycles. The first-order chi connectivity index (χ1) is 31.2. The second-order valence-electron chi connectivity index (χ2n) is 16.9. The third-order valence-electron chi connectivity index (χ3n) is 13.4. The van der Waals surface area contributed by atoms with Crippen LogP contribution in [0.25, 0.3) is 109 Å². The number of rotatable bonds is 6. The molecule has 7 nitrogen and oxygen atoms in total. The smallest absolute Gasteiger partial charge is 0.160 e. The van der Waals surface area contributed by atoms with Gasteiger partial charge in [0.25, 0.3) is 0 Å². The summed E-state index contributed by atoms with van der Waals surface area (Å²) in [5.41, 5.74) is 12.2. The zero-order chi connectivity index (χ0) is 41.4. The summed E-state index contributed by atoms with van der Waals surface area (Å²) >= 11 is 1.84. The van der Waals surface area contributed by atoms with Crippen molar-refractivity contribution < 1.29 is 0 Å². The fraction of sp³-hybridized carbons (Fsp3) is 0.127. The molecule has 0 radical (unpaired) electrons. The van der Waals surface area contributed by atoms with E-state index in [-0.39, 0.29) is 6.04 Å². The van der Waals surface area contributed by atoms with E-state index in [0.717, 1.165) is 108 Å². The quantitative estimate of drug-likeness (QED) is 0.165. The molecule has 1 atom stereocenters. The van der Waals surface area contributed by atoms with Crippen LogP contribution >= 0.6 is 11.3 Å². The van der Waals surface area contributed by atoms with E-state index in [2.05, 4.69) is 126 Å². The molecule has 3 saturated heterocycles. The second kappa shape index (κ2) is 14.7. The van der Waals surface area contributed by atoms with Gasteiger partial charge in [-0.05, 0) is 103 Å². The number of nitrogens with zero attached hydrogens (tertiary/aromatic N) is 7. The van der Waals surface area contributed by atoms with Crippen LogP contribution in [-0.2, 0) is 0 Å². The fourth-order valence-electron chi connectivity index (χ4n) is 10.4. The molecule has 6 aromatic carbocycles. The summed E-state index contributed by atoms with van der Waals surface area (Å²) in [6.07, 6.45) is 9.34. The lowest BCUT2D eigenvalue weighted by molar-refractivity contribution is 0.0496. The number of fused-ring (bicyclic) bond motifs is 8. The van der Waals surface area contributed by atoms with Gasteiger partial charge in [-0.2, -0.15) is 0 Å². The lowest BCUT2D eigenvalue weighted by Gasteiger charge is -2.47. The number of piperidine rings is 3. The van der Waals surface area contributed by atoms with Crippen LogP contribution in [0, 0.1) is 5.92 Å². The number of para-hydroxylation sites is 4. The van der Waals surface area contributed by atoms with Gasteiger partial charge in [0.15, 0.2) is 5.82 Å². The van der Waals surface area contributed by atoms with Crippen molar-refractivity contribution in [2.75, 3.05) is 13.1 Å². The van der Waals surface area contributed by atoms with Crippen LogP contribution in [0.4, 0.5) is 0 Å². The van der Waals surface area contributed by atoms with E-state index in [0.29, 0.717) is 11.7 Å². The van der Waals surface area contributed by atoms with Crippen molar-refractivity contribution in [2.45, 2.75) is 25.3 Å². The highest BCUT2D eigenvalue weighted by Crippen LogP contribution is 2.58. The van der Waals surface area contributed by atoms with Gasteiger partial charge in [-0.3, -0.25) is 14.9 Å². The average molecular weight is 830 g/mol. The van der Waals surface area contributed by atoms with Crippen LogP contribution in [0.3, 0.4) is 0 Å². The van der Waals surface area contributed by atoms with Gasteiger partial charge < -0.3 is 0 Å². The first kappa shape index (κ1) is 36.4. The molecule has 0 spiro atoms. The molecule has 3 fully saturated rings. The molecule has 8 heteroatoms. The molecule has 63 heavy (non-hydrogen) atoms. The van der Waals surface area contributed by atoms with Crippen molar-refractivity contribution in [3.05, 3.63) is 170 Å². The third kappa shape index (κ3) is 6.04. The second-order valence-corrected chi connectivity index (χ2v) is 18.0. The van der Waals surface area contributed by atoms with Crippen molar-refractivity contribution in [3.63, 3.8) is 0 Å². The Labute approximate surface area is 367 Å². The van der Waals surface area contributed by atoms with Gasteiger partial charge in [-0.1, -0.05) is 97.1 Å². The number of aromatic nitrogens is 6. The minimum Gasteiger partial charge on any atom is -0.296 e. The summed E-state index contributed by atoms with van der Waals surface area (Å²) < 4.78 is 1.24. The maximum Gasteiger partial charge on any atom is 0.160 e. The first-order valence-corrected chi connectivity index (χ1v) is 22.6. The molecule has 2 bridgehead atoms. The topological polar surface area (TPSA) is 80.6 Å². The lowest BCUT2D eigenvalue weighted by Crippen LogP contribution is -2.44. The monoisotopic (exact) mass is 829 g/mol. The van der Waals surface area contributed by atoms with Crippen molar-refractivity contribution in [1.82, 2.24) is 34.8 Å². The van der Waals surface area contributed by atoms with Gasteiger partial charge in [0.2, 0.25) is 0 Å². The lowest BCUT2D eigenvalue weighted by atomic mass is 9.73. The predicted molar refractivity (Wildman–Crippen MR) is 257 cm³/mol. The van der Waals surface area contributed by atoms with E-state index in [9.17, 15) is 0 Å². The van der Waals surface area contributed by atoms with Crippen LogP contribution in [0.5, 0.6) is 0 Å². The van der Waals surface area contributed by atoms with E-state index in [1.165, 1.54) is 33.4 Å². The number of hydrogen-bond donors (Lipinski definition) is 0. The fourth-order valence-corrected chi connectivity index (χ4v) is 11.5. The Bertz CT molecular complexity index is 3570. The third-order valence-corrected chi connectivity index (χ3v) is 14.5. The molecule has 14 rings (SSSR count). The summed E-state index contributed by atoms with van der Waals surface area (Å²) in [6, 6.07) is 51.1. The molecule has 0 N–H and O–H groups in total. The number of thiophene rings is 1. The van der Waals surface area contributed by atoms with Crippen LogP contribution in [0.1, 0.15) is 30.9 Å². The summed E-state index contributed by atoms with van der Waals surface area (Å²) in [5, 5.41) is 5.48. The van der Waals surface area contributed by atoms with Crippen LogP contribution in [-0.4, -0.2) is 47.9 Å². The molecular weight excluding hydrogens is 791 g/mol. The standard InChI is InChI=1S/C55H39N7S/c1-5-15-38-34(11-1)23-26-56-54(38)52-48(43-22-21-35-12-2-6-16-39(35)59-43)49(44-32-57-41-18-8-9-19-42(41)60-44)53(55-58-31-37-14-3-7-17-40(37)61-55)50(45-29-33-24-27-62(45)28-25-33)51(52)47-30-36-13-4-10-20-46(36)63-47/h1-23,26,30-33,45H,24-25,27-29H2. The molecule has 1 unspecified atom stereocenters. The summed E-state index contributed by atoms with van der Waals surface area (Å²) in [5.74, 6) is 1.28. The average Bonchev–Trinajstić information content (AvgIpc) is 3.79. The van der Waals surface area contributed by atoms with E-state index in [1.807, 2.05) is 54.2 Å². The van der Waals surface area contributed by atoms with E-state index in [1.54, 1.807) is 0 Å².